The van der Waals surface area contributed by atoms with E-state index in [1.54, 1.807) is 0 Å². The van der Waals surface area contributed by atoms with Gasteiger partial charge in [-0.15, -0.1) is 25.6 Å². The van der Waals surface area contributed by atoms with Crippen molar-refractivity contribution >= 4 is 24.0 Å². The quantitative estimate of drug-likeness (QED) is 0.868. The molecule has 1 saturated carbocycles. The second-order valence-corrected chi connectivity index (χ2v) is 5.87. The summed E-state index contributed by atoms with van der Waals surface area (Å²) in [4.78, 5) is 12.3. The molecule has 0 saturated heterocycles. The molecule has 0 aromatic heterocycles. The van der Waals surface area contributed by atoms with Gasteiger partial charge in [-0.25, -0.2) is 0 Å². The number of carbonyl (C=O) groups excluding carboxylic acids is 1. The number of benzene rings is 1. The van der Waals surface area contributed by atoms with Crippen LogP contribution in [0.3, 0.4) is 0 Å². The molecule has 2 unspecified atom stereocenters. The minimum atomic E-state index is -4.76. The lowest BCUT2D eigenvalue weighted by Gasteiger charge is -2.37. The van der Waals surface area contributed by atoms with Crippen LogP contribution in [0, 0.1) is 5.92 Å². The molecule has 2 rings (SSSR count). The van der Waals surface area contributed by atoms with Crippen LogP contribution >= 0.6 is 12.4 Å². The second kappa shape index (κ2) is 7.40. The van der Waals surface area contributed by atoms with Crippen LogP contribution in [0.2, 0.25) is 0 Å². The third kappa shape index (κ3) is 5.58. The molecule has 1 aliphatic rings. The van der Waals surface area contributed by atoms with E-state index in [2.05, 4.69) is 10.1 Å². The highest BCUT2D eigenvalue weighted by Gasteiger charge is 2.37. The Morgan fingerprint density at radius 1 is 1.39 bits per heavy atom. The fourth-order valence-electron chi connectivity index (χ4n) is 2.79. The molecule has 0 bridgehead atoms. The summed E-state index contributed by atoms with van der Waals surface area (Å²) in [5.74, 6) is -0.994. The number of nitrogens with one attached hydrogen (secondary N) is 1. The van der Waals surface area contributed by atoms with E-state index in [0.717, 1.165) is 25.3 Å². The molecular formula is C15H20ClF3N2O2. The Hall–Kier alpha value is -1.47. The SMILES string of the molecule is CC1(N)CCCCC1C(=O)Nc1cccc(OC(F)(F)F)c1.Cl. The van der Waals surface area contributed by atoms with Gasteiger partial charge in [0.15, 0.2) is 0 Å². The van der Waals surface area contributed by atoms with Crippen LogP contribution in [-0.4, -0.2) is 17.8 Å². The molecule has 0 radical (unpaired) electrons. The number of alkyl halides is 3. The van der Waals surface area contributed by atoms with Crippen LogP contribution < -0.4 is 15.8 Å². The van der Waals surface area contributed by atoms with Crippen LogP contribution in [0.25, 0.3) is 0 Å². The normalized spacial score (nSPS) is 24.5. The minimum absolute atomic E-state index is 0. The van der Waals surface area contributed by atoms with Gasteiger partial charge in [0.1, 0.15) is 5.75 Å². The minimum Gasteiger partial charge on any atom is -0.406 e. The highest BCUT2D eigenvalue weighted by molar-refractivity contribution is 5.93. The maximum Gasteiger partial charge on any atom is 0.573 e. The monoisotopic (exact) mass is 352 g/mol. The fourth-order valence-corrected chi connectivity index (χ4v) is 2.79. The number of halogens is 4. The number of anilines is 1. The Bertz CT molecular complexity index is 550. The average Bonchev–Trinajstić information content (AvgIpc) is 2.36. The molecule has 4 nitrogen and oxygen atoms in total. The maximum atomic E-state index is 12.3. The van der Waals surface area contributed by atoms with Crippen LogP contribution in [0.4, 0.5) is 18.9 Å². The predicted octanol–water partition coefficient (Wildman–Crippen LogP) is 3.85. The van der Waals surface area contributed by atoms with Crippen molar-refractivity contribution in [3.63, 3.8) is 0 Å². The predicted molar refractivity (Wildman–Crippen MR) is 83.6 cm³/mol. The summed E-state index contributed by atoms with van der Waals surface area (Å²) in [6.07, 6.45) is -1.44. The molecule has 1 aromatic carbocycles. The van der Waals surface area contributed by atoms with Gasteiger partial charge in [0.2, 0.25) is 5.91 Å². The van der Waals surface area contributed by atoms with Gasteiger partial charge >= 0.3 is 6.36 Å². The Morgan fingerprint density at radius 2 is 2.09 bits per heavy atom. The molecule has 3 N–H and O–H groups in total. The number of hydrogen-bond donors (Lipinski definition) is 2. The van der Waals surface area contributed by atoms with E-state index < -0.39 is 11.9 Å². The number of hydrogen-bond acceptors (Lipinski definition) is 3. The van der Waals surface area contributed by atoms with Gasteiger partial charge in [-0.2, -0.15) is 0 Å². The summed E-state index contributed by atoms with van der Waals surface area (Å²) in [7, 11) is 0. The van der Waals surface area contributed by atoms with Gasteiger partial charge in [0.25, 0.3) is 0 Å². The topological polar surface area (TPSA) is 64.4 Å². The van der Waals surface area contributed by atoms with Crippen molar-refractivity contribution in [2.24, 2.45) is 11.7 Å². The summed E-state index contributed by atoms with van der Waals surface area (Å²) in [6, 6.07) is 5.22. The molecule has 1 amide bonds. The maximum absolute atomic E-state index is 12.3. The molecule has 0 spiro atoms. The lowest BCUT2D eigenvalue weighted by molar-refractivity contribution is -0.274. The Balaban J connectivity index is 0.00000264. The van der Waals surface area contributed by atoms with Crippen molar-refractivity contribution in [2.75, 3.05) is 5.32 Å². The Kier molecular flexibility index (Phi) is 6.30. The number of carbonyl (C=O) groups is 1. The van der Waals surface area contributed by atoms with Crippen molar-refractivity contribution in [1.82, 2.24) is 0 Å². The smallest absolute Gasteiger partial charge is 0.406 e. The molecular weight excluding hydrogens is 333 g/mol. The van der Waals surface area contributed by atoms with Gasteiger partial charge in [0.05, 0.1) is 5.92 Å². The summed E-state index contributed by atoms with van der Waals surface area (Å²) in [5, 5.41) is 2.63. The third-order valence-corrected chi connectivity index (χ3v) is 3.91. The zero-order chi connectivity index (χ0) is 16.4. The van der Waals surface area contributed by atoms with Crippen LogP contribution in [-0.2, 0) is 4.79 Å². The van der Waals surface area contributed by atoms with Crippen molar-refractivity contribution in [2.45, 2.75) is 44.5 Å². The summed E-state index contributed by atoms with van der Waals surface area (Å²) < 4.78 is 40.4. The van der Waals surface area contributed by atoms with E-state index in [0.29, 0.717) is 6.42 Å². The molecule has 8 heteroatoms. The molecule has 130 valence electrons. The van der Waals surface area contributed by atoms with E-state index in [1.807, 2.05) is 6.92 Å². The van der Waals surface area contributed by atoms with Gasteiger partial charge in [0, 0.05) is 17.3 Å². The first-order chi connectivity index (χ1) is 10.2. The first kappa shape index (κ1) is 19.6. The molecule has 0 heterocycles. The van der Waals surface area contributed by atoms with Crippen molar-refractivity contribution < 1.29 is 22.7 Å². The number of nitrogens with two attached hydrogens (primary N) is 1. The molecule has 1 aliphatic carbocycles. The van der Waals surface area contributed by atoms with Crippen LogP contribution in [0.5, 0.6) is 5.75 Å². The molecule has 1 aromatic rings. The molecule has 23 heavy (non-hydrogen) atoms. The van der Waals surface area contributed by atoms with Crippen LogP contribution in [0.1, 0.15) is 32.6 Å². The lowest BCUT2D eigenvalue weighted by Crippen LogP contribution is -2.51. The lowest BCUT2D eigenvalue weighted by atomic mass is 9.74. The zero-order valence-corrected chi connectivity index (χ0v) is 13.5. The summed E-state index contributed by atoms with van der Waals surface area (Å²) in [5.41, 5.74) is 5.82. The Labute approximate surface area is 139 Å². The van der Waals surface area contributed by atoms with Gasteiger partial charge in [-0.05, 0) is 31.9 Å². The first-order valence-electron chi connectivity index (χ1n) is 7.13. The van der Waals surface area contributed by atoms with Crippen molar-refractivity contribution in [1.29, 1.82) is 0 Å². The zero-order valence-electron chi connectivity index (χ0n) is 12.7. The molecule has 0 aliphatic heterocycles. The van der Waals surface area contributed by atoms with Crippen molar-refractivity contribution in [3.8, 4) is 5.75 Å². The third-order valence-electron chi connectivity index (χ3n) is 3.91. The first-order valence-corrected chi connectivity index (χ1v) is 7.13. The summed E-state index contributed by atoms with van der Waals surface area (Å²) in [6.45, 7) is 1.83. The van der Waals surface area contributed by atoms with Gasteiger partial charge in [-0.3, -0.25) is 4.79 Å². The highest BCUT2D eigenvalue weighted by atomic mass is 35.5. The number of amides is 1. The van der Waals surface area contributed by atoms with E-state index >= 15 is 0 Å². The van der Waals surface area contributed by atoms with Gasteiger partial charge in [-0.1, -0.05) is 18.9 Å². The molecule has 2 atom stereocenters. The molecule has 1 fully saturated rings. The summed E-state index contributed by atoms with van der Waals surface area (Å²) >= 11 is 0. The highest BCUT2D eigenvalue weighted by Crippen LogP contribution is 2.33. The largest absolute Gasteiger partial charge is 0.573 e. The second-order valence-electron chi connectivity index (χ2n) is 5.87. The average molecular weight is 353 g/mol. The number of ether oxygens (including phenoxy) is 1. The fraction of sp³-hybridized carbons (Fsp3) is 0.533. The van der Waals surface area contributed by atoms with E-state index in [1.165, 1.54) is 18.2 Å². The Morgan fingerprint density at radius 3 is 2.70 bits per heavy atom. The van der Waals surface area contributed by atoms with E-state index in [4.69, 9.17) is 5.73 Å². The van der Waals surface area contributed by atoms with Crippen LogP contribution in [0.15, 0.2) is 24.3 Å². The van der Waals surface area contributed by atoms with E-state index in [-0.39, 0.29) is 35.7 Å². The standard InChI is InChI=1S/C15H19F3N2O2.ClH/c1-14(19)8-3-2-7-12(14)13(21)20-10-5-4-6-11(9-10)22-15(16,17)18;/h4-6,9,12H,2-3,7-8,19H2,1H3,(H,20,21);1H. The number of rotatable bonds is 3. The van der Waals surface area contributed by atoms with Crippen molar-refractivity contribution in [3.05, 3.63) is 24.3 Å². The van der Waals surface area contributed by atoms with E-state index in [9.17, 15) is 18.0 Å². The van der Waals surface area contributed by atoms with Gasteiger partial charge < -0.3 is 15.8 Å².